The first-order valence-corrected chi connectivity index (χ1v) is 8.97. The number of rotatable bonds is 3. The topological polar surface area (TPSA) is 61.2 Å². The van der Waals surface area contributed by atoms with E-state index in [0.29, 0.717) is 16.0 Å². The van der Waals surface area contributed by atoms with Crippen LogP contribution < -0.4 is 0 Å². The fourth-order valence-electron chi connectivity index (χ4n) is 2.28. The van der Waals surface area contributed by atoms with Crippen molar-refractivity contribution in [3.05, 3.63) is 73.7 Å². The van der Waals surface area contributed by atoms with Crippen LogP contribution in [0.1, 0.15) is 16.7 Å². The number of hydrogen-bond donors (Lipinski definition) is 0. The Hall–Kier alpha value is -2.11. The van der Waals surface area contributed by atoms with Crippen LogP contribution in [0.3, 0.4) is 0 Å². The summed E-state index contributed by atoms with van der Waals surface area (Å²) >= 11 is 3.14. The van der Waals surface area contributed by atoms with Crippen LogP contribution in [0.25, 0.3) is 6.08 Å². The van der Waals surface area contributed by atoms with E-state index < -0.39 is 0 Å². The molecule has 0 N–H and O–H groups in total. The molecule has 6 heteroatoms. The van der Waals surface area contributed by atoms with Crippen molar-refractivity contribution < 1.29 is 9.59 Å². The normalized spacial score (nSPS) is 15.8. The maximum absolute atomic E-state index is 12.5. The van der Waals surface area contributed by atoms with Crippen LogP contribution >= 0.6 is 34.4 Å². The Morgan fingerprint density at radius 2 is 1.83 bits per heavy atom. The van der Waals surface area contributed by atoms with Gasteiger partial charge in [0.25, 0.3) is 11.1 Å². The molecule has 24 heavy (non-hydrogen) atoms. The molecule has 0 atom stereocenters. The minimum atomic E-state index is -0.323. The number of amides is 2. The number of benzene rings is 2. The summed E-state index contributed by atoms with van der Waals surface area (Å²) in [6, 6.07) is 16.8. The van der Waals surface area contributed by atoms with Crippen LogP contribution in [0.2, 0.25) is 0 Å². The van der Waals surface area contributed by atoms with Gasteiger partial charge in [0, 0.05) is 3.57 Å². The predicted molar refractivity (Wildman–Crippen MR) is 102 cm³/mol. The molecule has 0 bridgehead atoms. The van der Waals surface area contributed by atoms with Crippen molar-refractivity contribution in [3.8, 4) is 6.07 Å². The Balaban J connectivity index is 1.84. The van der Waals surface area contributed by atoms with E-state index in [1.165, 1.54) is 4.90 Å². The molecule has 1 fully saturated rings. The zero-order valence-electron chi connectivity index (χ0n) is 12.4. The number of nitrogens with zero attached hydrogens (tertiary/aromatic N) is 2. The molecular formula is C18H11IN2O2S. The molecule has 1 aliphatic rings. The maximum Gasteiger partial charge on any atom is 0.293 e. The lowest BCUT2D eigenvalue weighted by Crippen LogP contribution is -2.27. The number of halogens is 1. The van der Waals surface area contributed by atoms with Crippen molar-refractivity contribution in [2.75, 3.05) is 0 Å². The smallest absolute Gasteiger partial charge is 0.268 e. The molecule has 0 unspecified atom stereocenters. The van der Waals surface area contributed by atoms with Gasteiger partial charge in [-0.3, -0.25) is 14.5 Å². The van der Waals surface area contributed by atoms with Crippen molar-refractivity contribution in [1.82, 2.24) is 4.90 Å². The van der Waals surface area contributed by atoms with Crippen LogP contribution in [-0.4, -0.2) is 16.0 Å². The zero-order valence-corrected chi connectivity index (χ0v) is 15.4. The third kappa shape index (κ3) is 3.52. The predicted octanol–water partition coefficient (Wildman–Crippen LogP) is 4.40. The Morgan fingerprint density at radius 1 is 1.12 bits per heavy atom. The van der Waals surface area contributed by atoms with Gasteiger partial charge >= 0.3 is 0 Å². The Labute approximate surface area is 157 Å². The number of hydrogen-bond acceptors (Lipinski definition) is 4. The van der Waals surface area contributed by atoms with E-state index in [0.717, 1.165) is 20.9 Å². The third-order valence-electron chi connectivity index (χ3n) is 3.51. The summed E-state index contributed by atoms with van der Waals surface area (Å²) in [4.78, 5) is 26.3. The van der Waals surface area contributed by atoms with E-state index in [-0.39, 0.29) is 17.7 Å². The van der Waals surface area contributed by atoms with Gasteiger partial charge in [0.2, 0.25) is 0 Å². The summed E-state index contributed by atoms with van der Waals surface area (Å²) in [5, 5.41) is 8.82. The molecule has 1 heterocycles. The summed E-state index contributed by atoms with van der Waals surface area (Å²) in [5.74, 6) is -0.323. The number of carbonyl (C=O) groups is 2. The lowest BCUT2D eigenvalue weighted by molar-refractivity contribution is -0.123. The monoisotopic (exact) mass is 446 g/mol. The van der Waals surface area contributed by atoms with Crippen molar-refractivity contribution in [3.63, 3.8) is 0 Å². The van der Waals surface area contributed by atoms with Crippen LogP contribution in [0.4, 0.5) is 4.79 Å². The first kappa shape index (κ1) is 16.7. The Morgan fingerprint density at radius 3 is 2.54 bits per heavy atom. The van der Waals surface area contributed by atoms with Crippen LogP contribution in [-0.2, 0) is 11.3 Å². The van der Waals surface area contributed by atoms with Crippen LogP contribution in [0.15, 0.2) is 53.4 Å². The zero-order chi connectivity index (χ0) is 17.1. The average Bonchev–Trinajstić information content (AvgIpc) is 2.85. The standard InChI is InChI=1S/C18H11IN2O2S/c19-15-7-5-12(6-8-15)9-16-17(22)21(18(23)24-16)11-14-4-2-1-3-13(14)10-20/h1-9H,11H2/b16-9+. The molecule has 0 saturated carbocycles. The molecule has 2 aromatic rings. The van der Waals surface area contributed by atoms with Gasteiger partial charge in [-0.25, -0.2) is 0 Å². The lowest BCUT2D eigenvalue weighted by atomic mass is 10.1. The molecule has 3 rings (SSSR count). The van der Waals surface area contributed by atoms with Gasteiger partial charge in [-0.05, 0) is 69.8 Å². The van der Waals surface area contributed by atoms with Crippen molar-refractivity contribution in [2.45, 2.75) is 6.54 Å². The Bertz CT molecular complexity index is 885. The van der Waals surface area contributed by atoms with Crippen molar-refractivity contribution in [2.24, 2.45) is 0 Å². The average molecular weight is 446 g/mol. The molecule has 1 aliphatic heterocycles. The van der Waals surface area contributed by atoms with Gasteiger partial charge in [-0.2, -0.15) is 5.26 Å². The molecule has 4 nitrogen and oxygen atoms in total. The summed E-state index contributed by atoms with van der Waals surface area (Å²) in [7, 11) is 0. The molecule has 0 spiro atoms. The van der Waals surface area contributed by atoms with E-state index in [9.17, 15) is 9.59 Å². The van der Waals surface area contributed by atoms with Gasteiger partial charge in [0.05, 0.1) is 23.1 Å². The number of thioether (sulfide) groups is 1. The van der Waals surface area contributed by atoms with Crippen LogP contribution in [0, 0.1) is 14.9 Å². The SMILES string of the molecule is N#Cc1ccccc1CN1C(=O)S/C(=C/c2ccc(I)cc2)C1=O. The highest BCUT2D eigenvalue weighted by molar-refractivity contribution is 14.1. The molecule has 0 radical (unpaired) electrons. The summed E-state index contributed by atoms with van der Waals surface area (Å²) in [6.45, 7) is 0.110. The minimum absolute atomic E-state index is 0.110. The fraction of sp³-hybridized carbons (Fsp3) is 0.0556. The highest BCUT2D eigenvalue weighted by Gasteiger charge is 2.35. The molecule has 0 aliphatic carbocycles. The fourth-order valence-corrected chi connectivity index (χ4v) is 3.48. The van der Waals surface area contributed by atoms with E-state index in [1.54, 1.807) is 30.3 Å². The molecule has 118 valence electrons. The second-order valence-electron chi connectivity index (χ2n) is 5.09. The first-order valence-electron chi connectivity index (χ1n) is 7.07. The second kappa shape index (κ2) is 7.20. The van der Waals surface area contributed by atoms with Crippen molar-refractivity contribution in [1.29, 1.82) is 5.26 Å². The van der Waals surface area contributed by atoms with Gasteiger partial charge in [0.1, 0.15) is 0 Å². The van der Waals surface area contributed by atoms with Crippen molar-refractivity contribution >= 4 is 51.6 Å². The molecule has 0 aromatic heterocycles. The summed E-state index contributed by atoms with van der Waals surface area (Å²) < 4.78 is 1.10. The Kier molecular flexibility index (Phi) is 5.02. The minimum Gasteiger partial charge on any atom is -0.268 e. The summed E-state index contributed by atoms with van der Waals surface area (Å²) in [6.07, 6.45) is 1.72. The highest BCUT2D eigenvalue weighted by Crippen LogP contribution is 2.33. The summed E-state index contributed by atoms with van der Waals surface area (Å²) in [5.41, 5.74) is 2.01. The second-order valence-corrected chi connectivity index (χ2v) is 7.33. The van der Waals surface area contributed by atoms with E-state index in [2.05, 4.69) is 28.7 Å². The van der Waals surface area contributed by atoms with E-state index >= 15 is 0 Å². The van der Waals surface area contributed by atoms with Crippen LogP contribution in [0.5, 0.6) is 0 Å². The number of carbonyl (C=O) groups excluding carboxylic acids is 2. The van der Waals surface area contributed by atoms with Gasteiger partial charge in [-0.15, -0.1) is 0 Å². The number of imide groups is 1. The van der Waals surface area contributed by atoms with Gasteiger partial charge < -0.3 is 0 Å². The maximum atomic E-state index is 12.5. The molecule has 1 saturated heterocycles. The number of nitriles is 1. The van der Waals surface area contributed by atoms with Gasteiger partial charge in [0.15, 0.2) is 0 Å². The molecule has 2 amide bonds. The lowest BCUT2D eigenvalue weighted by Gasteiger charge is -2.13. The molecular weight excluding hydrogens is 435 g/mol. The largest absolute Gasteiger partial charge is 0.293 e. The van der Waals surface area contributed by atoms with E-state index in [4.69, 9.17) is 5.26 Å². The first-order chi connectivity index (χ1) is 11.6. The quantitative estimate of drug-likeness (QED) is 0.518. The van der Waals surface area contributed by atoms with E-state index in [1.807, 2.05) is 24.3 Å². The highest BCUT2D eigenvalue weighted by atomic mass is 127. The van der Waals surface area contributed by atoms with Gasteiger partial charge in [-0.1, -0.05) is 30.3 Å². The third-order valence-corrected chi connectivity index (χ3v) is 5.13. The molecule has 2 aromatic carbocycles.